The first kappa shape index (κ1) is 21.9. The molecule has 0 saturated heterocycles. The lowest BCUT2D eigenvalue weighted by atomic mass is 9.96. The molecule has 0 saturated carbocycles. The molecule has 0 bridgehead atoms. The molecule has 0 aliphatic heterocycles. The van der Waals surface area contributed by atoms with Crippen molar-refractivity contribution in [2.45, 2.75) is 33.7 Å². The molecule has 0 atom stereocenters. The summed E-state index contributed by atoms with van der Waals surface area (Å²) in [5.74, 6) is 1.05. The topological polar surface area (TPSA) is 54.5 Å². The number of benzene rings is 2. The van der Waals surface area contributed by atoms with Gasteiger partial charge >= 0.3 is 0 Å². The van der Waals surface area contributed by atoms with Gasteiger partial charge in [-0.1, -0.05) is 61.5 Å². The third-order valence-electron chi connectivity index (χ3n) is 5.60. The molecular formula is C27H26N4S. The molecule has 32 heavy (non-hydrogen) atoms. The van der Waals surface area contributed by atoms with Crippen molar-refractivity contribution in [2.75, 3.05) is 6.26 Å². The molecule has 0 spiro atoms. The monoisotopic (exact) mass is 438 g/mol. The van der Waals surface area contributed by atoms with Gasteiger partial charge in [-0.2, -0.15) is 5.26 Å². The highest BCUT2D eigenvalue weighted by Gasteiger charge is 2.15. The van der Waals surface area contributed by atoms with E-state index in [9.17, 15) is 5.26 Å². The predicted molar refractivity (Wildman–Crippen MR) is 134 cm³/mol. The molecule has 4 nitrogen and oxygen atoms in total. The van der Waals surface area contributed by atoms with Gasteiger partial charge in [0.25, 0.3) is 0 Å². The van der Waals surface area contributed by atoms with Gasteiger partial charge in [-0.25, -0.2) is 9.97 Å². The Bertz CT molecular complexity index is 1330. The average Bonchev–Trinajstić information content (AvgIpc) is 3.16. The highest BCUT2D eigenvalue weighted by molar-refractivity contribution is 8.02. The molecule has 160 valence electrons. The quantitative estimate of drug-likeness (QED) is 0.331. The van der Waals surface area contributed by atoms with Crippen LogP contribution in [-0.2, 0) is 13.0 Å². The lowest BCUT2D eigenvalue weighted by Gasteiger charge is -2.13. The summed E-state index contributed by atoms with van der Waals surface area (Å²) in [4.78, 5) is 10.4. The molecule has 0 unspecified atom stereocenters. The number of thioether (sulfide) groups is 1. The summed E-state index contributed by atoms with van der Waals surface area (Å²) >= 11 is 1.48. The van der Waals surface area contributed by atoms with Crippen molar-refractivity contribution in [1.29, 1.82) is 5.26 Å². The van der Waals surface area contributed by atoms with E-state index in [1.54, 1.807) is 0 Å². The van der Waals surface area contributed by atoms with Gasteiger partial charge in [-0.15, -0.1) is 11.8 Å². The summed E-state index contributed by atoms with van der Waals surface area (Å²) in [6.07, 6.45) is 2.80. The van der Waals surface area contributed by atoms with Crippen LogP contribution in [-0.4, -0.2) is 20.8 Å². The van der Waals surface area contributed by atoms with Crippen LogP contribution < -0.4 is 0 Å². The molecule has 0 N–H and O–H groups in total. The van der Waals surface area contributed by atoms with Gasteiger partial charge in [0.2, 0.25) is 0 Å². The van der Waals surface area contributed by atoms with Crippen LogP contribution in [0.2, 0.25) is 0 Å². The Morgan fingerprint density at radius 2 is 1.69 bits per heavy atom. The minimum absolute atomic E-state index is 0.716. The zero-order valence-corrected chi connectivity index (χ0v) is 19.7. The molecule has 0 fully saturated rings. The number of pyridine rings is 1. The second-order valence-electron chi connectivity index (χ2n) is 7.80. The van der Waals surface area contributed by atoms with E-state index in [4.69, 9.17) is 9.97 Å². The van der Waals surface area contributed by atoms with Gasteiger partial charge in [0, 0.05) is 17.7 Å². The number of hydrogen-bond donors (Lipinski definition) is 0. The fourth-order valence-electron chi connectivity index (χ4n) is 4.08. The molecule has 5 heteroatoms. The van der Waals surface area contributed by atoms with E-state index in [1.165, 1.54) is 17.3 Å². The smallest absolute Gasteiger partial charge is 0.160 e. The van der Waals surface area contributed by atoms with Crippen LogP contribution in [0.5, 0.6) is 0 Å². The standard InChI is InChI=1S/C27H26N4S/c1-5-24-30-26-18(2)15-19(3)29-27(26)31(24)17-20-11-13-22(14-12-20)25(23(16-28)32-4)21-9-7-6-8-10-21/h6-15H,5,17H2,1-4H3/b25-23-. The van der Waals surface area contributed by atoms with Gasteiger partial charge in [0.15, 0.2) is 5.65 Å². The Labute approximate surface area is 193 Å². The van der Waals surface area contributed by atoms with Gasteiger partial charge in [-0.3, -0.25) is 0 Å². The fraction of sp³-hybridized carbons (Fsp3) is 0.222. The van der Waals surface area contributed by atoms with E-state index in [0.29, 0.717) is 11.4 Å². The van der Waals surface area contributed by atoms with Crippen molar-refractivity contribution < 1.29 is 0 Å². The van der Waals surface area contributed by atoms with Crippen molar-refractivity contribution >= 4 is 28.5 Å². The summed E-state index contributed by atoms with van der Waals surface area (Å²) in [5.41, 5.74) is 8.35. The summed E-state index contributed by atoms with van der Waals surface area (Å²) in [6.45, 7) is 6.97. The Morgan fingerprint density at radius 1 is 1.00 bits per heavy atom. The largest absolute Gasteiger partial charge is 0.308 e. The van der Waals surface area contributed by atoms with Gasteiger partial charge in [0.1, 0.15) is 17.4 Å². The van der Waals surface area contributed by atoms with Crippen molar-refractivity contribution in [3.05, 3.63) is 99.3 Å². The molecule has 4 rings (SSSR count). The average molecular weight is 439 g/mol. The van der Waals surface area contributed by atoms with Crippen LogP contribution in [0.3, 0.4) is 0 Å². The Balaban J connectivity index is 1.74. The van der Waals surface area contributed by atoms with E-state index in [-0.39, 0.29) is 0 Å². The second kappa shape index (κ2) is 9.42. The van der Waals surface area contributed by atoms with Crippen LogP contribution in [0.25, 0.3) is 16.7 Å². The van der Waals surface area contributed by atoms with Gasteiger partial charge in [0.05, 0.1) is 11.4 Å². The van der Waals surface area contributed by atoms with Crippen molar-refractivity contribution in [1.82, 2.24) is 14.5 Å². The normalized spacial score (nSPS) is 12.0. The molecule has 0 aliphatic rings. The molecule has 2 aromatic carbocycles. The van der Waals surface area contributed by atoms with E-state index in [0.717, 1.165) is 51.4 Å². The number of rotatable bonds is 6. The van der Waals surface area contributed by atoms with Gasteiger partial charge in [-0.05, 0) is 48.4 Å². The first-order valence-corrected chi connectivity index (χ1v) is 11.9. The van der Waals surface area contributed by atoms with Crippen molar-refractivity contribution in [2.24, 2.45) is 0 Å². The summed E-state index contributed by atoms with van der Waals surface area (Å²) in [6, 6.07) is 23.1. The van der Waals surface area contributed by atoms with Crippen LogP contribution in [0, 0.1) is 25.2 Å². The Hall–Kier alpha value is -3.36. The predicted octanol–water partition coefficient (Wildman–Crippen LogP) is 6.30. The molecule has 2 aromatic heterocycles. The number of nitriles is 1. The van der Waals surface area contributed by atoms with Gasteiger partial charge < -0.3 is 4.57 Å². The van der Waals surface area contributed by atoms with Crippen molar-refractivity contribution in [3.63, 3.8) is 0 Å². The third kappa shape index (κ3) is 4.19. The summed E-state index contributed by atoms with van der Waals surface area (Å²) in [5, 5.41) is 9.70. The first-order valence-electron chi connectivity index (χ1n) is 10.7. The number of aryl methyl sites for hydroxylation is 3. The zero-order valence-electron chi connectivity index (χ0n) is 18.9. The first-order chi connectivity index (χ1) is 15.5. The summed E-state index contributed by atoms with van der Waals surface area (Å²) < 4.78 is 2.22. The van der Waals surface area contributed by atoms with Crippen LogP contribution in [0.4, 0.5) is 0 Å². The number of nitrogens with zero attached hydrogens (tertiary/aromatic N) is 4. The third-order valence-corrected chi connectivity index (χ3v) is 6.30. The molecule has 0 amide bonds. The molecular weight excluding hydrogens is 412 g/mol. The highest BCUT2D eigenvalue weighted by Crippen LogP contribution is 2.31. The minimum Gasteiger partial charge on any atom is -0.308 e. The number of allylic oxidation sites excluding steroid dienone is 1. The number of imidazole rings is 1. The molecule has 0 aliphatic carbocycles. The molecule has 4 aromatic rings. The maximum Gasteiger partial charge on any atom is 0.160 e. The second-order valence-corrected chi connectivity index (χ2v) is 8.62. The molecule has 0 radical (unpaired) electrons. The van der Waals surface area contributed by atoms with Crippen LogP contribution >= 0.6 is 11.8 Å². The number of hydrogen-bond acceptors (Lipinski definition) is 4. The maximum absolute atomic E-state index is 9.70. The maximum atomic E-state index is 9.70. The fourth-order valence-corrected chi connectivity index (χ4v) is 4.61. The lowest BCUT2D eigenvalue weighted by molar-refractivity contribution is 0.745. The minimum atomic E-state index is 0.716. The van der Waals surface area contributed by atoms with E-state index < -0.39 is 0 Å². The van der Waals surface area contributed by atoms with Crippen LogP contribution in [0.15, 0.2) is 65.6 Å². The van der Waals surface area contributed by atoms with E-state index in [2.05, 4.69) is 66.9 Å². The van der Waals surface area contributed by atoms with E-state index >= 15 is 0 Å². The number of fused-ring (bicyclic) bond motifs is 1. The van der Waals surface area contributed by atoms with Crippen LogP contribution in [0.1, 0.15) is 40.7 Å². The zero-order chi connectivity index (χ0) is 22.7. The van der Waals surface area contributed by atoms with E-state index in [1.807, 2.05) is 31.4 Å². The summed E-state index contributed by atoms with van der Waals surface area (Å²) in [7, 11) is 0. The number of aromatic nitrogens is 3. The Kier molecular flexibility index (Phi) is 6.43. The highest BCUT2D eigenvalue weighted by atomic mass is 32.2. The molecule has 2 heterocycles. The van der Waals surface area contributed by atoms with Crippen molar-refractivity contribution in [3.8, 4) is 6.07 Å². The lowest BCUT2D eigenvalue weighted by Crippen LogP contribution is -2.06. The SMILES string of the molecule is CCc1nc2c(C)cc(C)nc2n1Cc1ccc(/C(=C(/C#N)SC)c2ccccc2)cc1. The Morgan fingerprint density at radius 3 is 2.31 bits per heavy atom.